The molecular formula is C9H18O3. The average molecular weight is 174 g/mol. The Morgan fingerprint density at radius 2 is 1.92 bits per heavy atom. The van der Waals surface area contributed by atoms with E-state index in [9.17, 15) is 0 Å². The second-order valence-corrected chi connectivity index (χ2v) is 4.39. The lowest BCUT2D eigenvalue weighted by atomic mass is 9.98. The van der Waals surface area contributed by atoms with Crippen molar-refractivity contribution in [1.82, 2.24) is 0 Å². The molecule has 0 aromatic rings. The van der Waals surface area contributed by atoms with Gasteiger partial charge in [0.2, 0.25) is 0 Å². The van der Waals surface area contributed by atoms with Crippen molar-refractivity contribution in [3.05, 3.63) is 0 Å². The highest BCUT2D eigenvalue weighted by Crippen LogP contribution is 2.33. The molecule has 1 unspecified atom stereocenters. The van der Waals surface area contributed by atoms with Crippen LogP contribution in [0.25, 0.3) is 0 Å². The molecule has 1 aliphatic rings. The van der Waals surface area contributed by atoms with Crippen molar-refractivity contribution in [1.29, 1.82) is 0 Å². The zero-order chi connectivity index (χ0) is 9.41. The third-order valence-corrected chi connectivity index (χ3v) is 1.90. The SMILES string of the molecule is CC1(C)CC(CO)OC(C)(C)O1. The van der Waals surface area contributed by atoms with Gasteiger partial charge in [-0.1, -0.05) is 0 Å². The van der Waals surface area contributed by atoms with E-state index in [-0.39, 0.29) is 18.3 Å². The number of rotatable bonds is 1. The summed E-state index contributed by atoms with van der Waals surface area (Å²) in [4.78, 5) is 0. The van der Waals surface area contributed by atoms with Crippen molar-refractivity contribution >= 4 is 0 Å². The Labute approximate surface area is 73.7 Å². The second-order valence-electron chi connectivity index (χ2n) is 4.39. The van der Waals surface area contributed by atoms with Gasteiger partial charge in [-0.25, -0.2) is 0 Å². The monoisotopic (exact) mass is 174 g/mol. The molecule has 0 aromatic carbocycles. The van der Waals surface area contributed by atoms with E-state index in [0.717, 1.165) is 6.42 Å². The van der Waals surface area contributed by atoms with Crippen LogP contribution in [0.3, 0.4) is 0 Å². The summed E-state index contributed by atoms with van der Waals surface area (Å²) < 4.78 is 11.1. The summed E-state index contributed by atoms with van der Waals surface area (Å²) in [6, 6.07) is 0. The molecule has 0 radical (unpaired) electrons. The van der Waals surface area contributed by atoms with Crippen LogP contribution in [0, 0.1) is 0 Å². The van der Waals surface area contributed by atoms with Crippen molar-refractivity contribution in [3.8, 4) is 0 Å². The van der Waals surface area contributed by atoms with Crippen LogP contribution in [0.4, 0.5) is 0 Å². The predicted molar refractivity (Wildman–Crippen MR) is 45.8 cm³/mol. The van der Waals surface area contributed by atoms with Crippen molar-refractivity contribution in [2.45, 2.75) is 51.6 Å². The first kappa shape index (κ1) is 9.96. The highest BCUT2D eigenvalue weighted by molar-refractivity contribution is 4.82. The molecule has 3 nitrogen and oxygen atoms in total. The summed E-state index contributed by atoms with van der Waals surface area (Å²) >= 11 is 0. The fourth-order valence-corrected chi connectivity index (χ4v) is 1.82. The van der Waals surface area contributed by atoms with Crippen LogP contribution in [0.1, 0.15) is 34.1 Å². The van der Waals surface area contributed by atoms with Crippen LogP contribution in [-0.2, 0) is 9.47 Å². The number of aliphatic hydroxyl groups excluding tert-OH is 1. The second kappa shape index (κ2) is 2.98. The molecule has 1 heterocycles. The van der Waals surface area contributed by atoms with Crippen molar-refractivity contribution in [2.24, 2.45) is 0 Å². The summed E-state index contributed by atoms with van der Waals surface area (Å²) in [6.07, 6.45) is 0.649. The average Bonchev–Trinajstić information content (AvgIpc) is 1.80. The predicted octanol–water partition coefficient (Wildman–Crippen LogP) is 1.30. The Morgan fingerprint density at radius 1 is 1.33 bits per heavy atom. The minimum atomic E-state index is -0.574. The van der Waals surface area contributed by atoms with Gasteiger partial charge in [-0.2, -0.15) is 0 Å². The van der Waals surface area contributed by atoms with E-state index in [4.69, 9.17) is 14.6 Å². The molecule has 1 rings (SSSR count). The molecule has 0 bridgehead atoms. The van der Waals surface area contributed by atoms with Gasteiger partial charge in [-0.05, 0) is 27.7 Å². The largest absolute Gasteiger partial charge is 0.394 e. The topological polar surface area (TPSA) is 38.7 Å². The first-order valence-corrected chi connectivity index (χ1v) is 4.33. The Morgan fingerprint density at radius 3 is 2.33 bits per heavy atom. The van der Waals surface area contributed by atoms with Gasteiger partial charge in [0, 0.05) is 6.42 Å². The molecule has 0 spiro atoms. The minimum Gasteiger partial charge on any atom is -0.394 e. The van der Waals surface area contributed by atoms with Crippen LogP contribution < -0.4 is 0 Å². The van der Waals surface area contributed by atoms with Crippen LogP contribution in [0.5, 0.6) is 0 Å². The highest BCUT2D eigenvalue weighted by atomic mass is 16.7. The smallest absolute Gasteiger partial charge is 0.163 e. The molecule has 0 aliphatic carbocycles. The fraction of sp³-hybridized carbons (Fsp3) is 1.00. The zero-order valence-electron chi connectivity index (χ0n) is 8.26. The van der Waals surface area contributed by atoms with Crippen LogP contribution in [0.2, 0.25) is 0 Å². The third kappa shape index (κ3) is 2.44. The molecule has 1 aliphatic heterocycles. The van der Waals surface area contributed by atoms with Crippen molar-refractivity contribution < 1.29 is 14.6 Å². The van der Waals surface area contributed by atoms with Crippen LogP contribution >= 0.6 is 0 Å². The van der Waals surface area contributed by atoms with E-state index in [1.165, 1.54) is 0 Å². The summed E-state index contributed by atoms with van der Waals surface area (Å²) in [5, 5.41) is 8.97. The van der Waals surface area contributed by atoms with E-state index in [0.29, 0.717) is 0 Å². The molecule has 1 saturated heterocycles. The van der Waals surface area contributed by atoms with Gasteiger partial charge < -0.3 is 14.6 Å². The van der Waals surface area contributed by atoms with Gasteiger partial charge >= 0.3 is 0 Å². The Bertz CT molecular complexity index is 147. The van der Waals surface area contributed by atoms with E-state index in [2.05, 4.69) is 0 Å². The molecular weight excluding hydrogens is 156 g/mol. The van der Waals surface area contributed by atoms with Crippen molar-refractivity contribution in [3.63, 3.8) is 0 Å². The molecule has 12 heavy (non-hydrogen) atoms. The number of hydrogen-bond acceptors (Lipinski definition) is 3. The standard InChI is InChI=1S/C9H18O3/c1-8(2)5-7(6-10)11-9(3,4)12-8/h7,10H,5-6H2,1-4H3. The van der Waals surface area contributed by atoms with Gasteiger partial charge in [0.15, 0.2) is 5.79 Å². The third-order valence-electron chi connectivity index (χ3n) is 1.90. The van der Waals surface area contributed by atoms with Gasteiger partial charge in [0.1, 0.15) is 0 Å². The van der Waals surface area contributed by atoms with Crippen LogP contribution in [-0.4, -0.2) is 29.2 Å². The normalized spacial score (nSPS) is 33.2. The Kier molecular flexibility index (Phi) is 2.47. The first-order chi connectivity index (χ1) is 5.35. The van der Waals surface area contributed by atoms with Crippen LogP contribution in [0.15, 0.2) is 0 Å². The number of aliphatic hydroxyl groups is 1. The van der Waals surface area contributed by atoms with Gasteiger partial charge in [0.05, 0.1) is 18.3 Å². The lowest BCUT2D eigenvalue weighted by molar-refractivity contribution is -0.328. The lowest BCUT2D eigenvalue weighted by Crippen LogP contribution is -2.50. The summed E-state index contributed by atoms with van der Waals surface area (Å²) in [5.41, 5.74) is -0.199. The van der Waals surface area contributed by atoms with E-state index in [1.807, 2.05) is 27.7 Å². The first-order valence-electron chi connectivity index (χ1n) is 4.33. The molecule has 0 amide bonds. The molecule has 0 aromatic heterocycles. The Balaban J connectivity index is 2.66. The summed E-state index contributed by atoms with van der Waals surface area (Å²) in [5.74, 6) is -0.574. The summed E-state index contributed by atoms with van der Waals surface area (Å²) in [6.45, 7) is 7.84. The maximum atomic E-state index is 8.97. The molecule has 72 valence electrons. The quantitative estimate of drug-likeness (QED) is 0.651. The van der Waals surface area contributed by atoms with Crippen molar-refractivity contribution in [2.75, 3.05) is 6.61 Å². The number of ether oxygens (including phenoxy) is 2. The molecule has 1 N–H and O–H groups in total. The highest BCUT2D eigenvalue weighted by Gasteiger charge is 2.39. The van der Waals surface area contributed by atoms with E-state index in [1.54, 1.807) is 0 Å². The molecule has 3 heteroatoms. The fourth-order valence-electron chi connectivity index (χ4n) is 1.82. The number of hydrogen-bond donors (Lipinski definition) is 1. The van der Waals surface area contributed by atoms with Gasteiger partial charge in [-0.3, -0.25) is 0 Å². The van der Waals surface area contributed by atoms with Gasteiger partial charge in [-0.15, -0.1) is 0 Å². The maximum Gasteiger partial charge on any atom is 0.163 e. The van der Waals surface area contributed by atoms with E-state index >= 15 is 0 Å². The van der Waals surface area contributed by atoms with Gasteiger partial charge in [0.25, 0.3) is 0 Å². The lowest BCUT2D eigenvalue weighted by Gasteiger charge is -2.44. The molecule has 1 fully saturated rings. The van der Waals surface area contributed by atoms with E-state index < -0.39 is 5.79 Å². The molecule has 0 saturated carbocycles. The minimum absolute atomic E-state index is 0.0657. The zero-order valence-corrected chi connectivity index (χ0v) is 8.26. The molecule has 1 atom stereocenters. The maximum absolute atomic E-state index is 8.97. The summed E-state index contributed by atoms with van der Waals surface area (Å²) in [7, 11) is 0. The Hall–Kier alpha value is -0.120.